The minimum Gasteiger partial charge on any atom is -0.477 e. The number of furan rings is 1. The van der Waals surface area contributed by atoms with Crippen LogP contribution in [0.4, 0.5) is 0 Å². The van der Waals surface area contributed by atoms with Crippen LogP contribution in [-0.4, -0.2) is 11.1 Å². The van der Waals surface area contributed by atoms with Crippen LogP contribution >= 0.6 is 11.3 Å². The molecule has 0 radical (unpaired) electrons. The summed E-state index contributed by atoms with van der Waals surface area (Å²) in [5.74, 6) is 0.909. The second kappa shape index (κ2) is 5.16. The van der Waals surface area contributed by atoms with Gasteiger partial charge in [-0.1, -0.05) is 0 Å². The molecule has 0 aliphatic rings. The summed E-state index contributed by atoms with van der Waals surface area (Å²) in [5.41, 5.74) is 0. The number of hydrogen-bond donors (Lipinski definition) is 2. The number of nitrogens with one attached hydrogen (secondary N) is 1. The van der Waals surface area contributed by atoms with Crippen LogP contribution in [0.3, 0.4) is 0 Å². The maximum absolute atomic E-state index is 10.7. The van der Waals surface area contributed by atoms with E-state index >= 15 is 0 Å². The van der Waals surface area contributed by atoms with Crippen molar-refractivity contribution in [1.82, 2.24) is 5.32 Å². The minimum absolute atomic E-state index is 0.371. The summed E-state index contributed by atoms with van der Waals surface area (Å²) >= 11 is 1.29. The van der Waals surface area contributed by atoms with E-state index in [1.165, 1.54) is 11.3 Å². The fourth-order valence-electron chi connectivity index (χ4n) is 1.48. The van der Waals surface area contributed by atoms with E-state index in [2.05, 4.69) is 5.32 Å². The average molecular weight is 251 g/mol. The van der Waals surface area contributed by atoms with Gasteiger partial charge in [-0.05, 0) is 31.2 Å². The van der Waals surface area contributed by atoms with Crippen LogP contribution in [0.15, 0.2) is 28.7 Å². The van der Waals surface area contributed by atoms with E-state index in [1.54, 1.807) is 6.07 Å². The Kier molecular flexibility index (Phi) is 3.61. The molecule has 0 aliphatic heterocycles. The van der Waals surface area contributed by atoms with E-state index in [0.29, 0.717) is 18.0 Å². The van der Waals surface area contributed by atoms with Crippen LogP contribution in [-0.2, 0) is 13.1 Å². The van der Waals surface area contributed by atoms with Crippen molar-refractivity contribution in [2.24, 2.45) is 0 Å². The Balaban J connectivity index is 1.83. The zero-order chi connectivity index (χ0) is 12.3. The van der Waals surface area contributed by atoms with Gasteiger partial charge in [-0.25, -0.2) is 4.79 Å². The Morgan fingerprint density at radius 2 is 2.18 bits per heavy atom. The first-order valence-corrected chi connectivity index (χ1v) is 6.05. The molecule has 17 heavy (non-hydrogen) atoms. The van der Waals surface area contributed by atoms with Crippen molar-refractivity contribution in [3.63, 3.8) is 0 Å². The fraction of sp³-hybridized carbons (Fsp3) is 0.250. The van der Waals surface area contributed by atoms with Crippen LogP contribution in [0.5, 0.6) is 0 Å². The number of thiophene rings is 1. The average Bonchev–Trinajstić information content (AvgIpc) is 2.88. The summed E-state index contributed by atoms with van der Waals surface area (Å²) in [4.78, 5) is 12.1. The van der Waals surface area contributed by atoms with Crippen LogP contribution in [0.25, 0.3) is 0 Å². The second-order valence-electron chi connectivity index (χ2n) is 3.69. The van der Waals surface area contributed by atoms with Crippen molar-refractivity contribution in [2.45, 2.75) is 20.0 Å². The molecule has 0 saturated carbocycles. The SMILES string of the molecule is Cc1ccc(CNCc2ccc(C(=O)O)s2)o1. The highest BCUT2D eigenvalue weighted by atomic mass is 32.1. The molecule has 0 atom stereocenters. The van der Waals surface area contributed by atoms with E-state index in [0.717, 1.165) is 16.4 Å². The molecular formula is C12H13NO3S. The number of hydrogen-bond acceptors (Lipinski definition) is 4. The van der Waals surface area contributed by atoms with E-state index in [9.17, 15) is 4.79 Å². The largest absolute Gasteiger partial charge is 0.477 e. The molecule has 0 unspecified atom stereocenters. The Bertz CT molecular complexity index is 515. The summed E-state index contributed by atoms with van der Waals surface area (Å²) in [6, 6.07) is 7.31. The lowest BCUT2D eigenvalue weighted by molar-refractivity contribution is 0.0702. The van der Waals surface area contributed by atoms with Gasteiger partial charge in [0.15, 0.2) is 0 Å². The molecule has 2 heterocycles. The number of carbonyl (C=O) groups is 1. The highest BCUT2D eigenvalue weighted by Crippen LogP contribution is 2.16. The Labute approximate surface area is 103 Å². The number of aryl methyl sites for hydroxylation is 1. The number of rotatable bonds is 5. The monoisotopic (exact) mass is 251 g/mol. The van der Waals surface area contributed by atoms with Gasteiger partial charge in [0.25, 0.3) is 0 Å². The van der Waals surface area contributed by atoms with Gasteiger partial charge >= 0.3 is 5.97 Å². The molecule has 0 fully saturated rings. The Hall–Kier alpha value is -1.59. The third-order valence-electron chi connectivity index (χ3n) is 2.27. The number of carboxylic acids is 1. The van der Waals surface area contributed by atoms with Gasteiger partial charge in [0.05, 0.1) is 6.54 Å². The molecule has 0 bridgehead atoms. The topological polar surface area (TPSA) is 62.5 Å². The molecular weight excluding hydrogens is 238 g/mol. The molecule has 5 heteroatoms. The highest BCUT2D eigenvalue weighted by Gasteiger charge is 2.06. The maximum atomic E-state index is 10.7. The predicted octanol–water partition coefficient (Wildman–Crippen LogP) is 2.64. The number of carboxylic acid groups (broad SMARTS) is 1. The maximum Gasteiger partial charge on any atom is 0.345 e. The van der Waals surface area contributed by atoms with Crippen LogP contribution < -0.4 is 5.32 Å². The van der Waals surface area contributed by atoms with E-state index in [4.69, 9.17) is 9.52 Å². The number of aromatic carboxylic acids is 1. The van der Waals surface area contributed by atoms with Crippen LogP contribution in [0.1, 0.15) is 26.1 Å². The quantitative estimate of drug-likeness (QED) is 0.857. The summed E-state index contributed by atoms with van der Waals surface area (Å²) in [6.07, 6.45) is 0. The predicted molar refractivity (Wildman–Crippen MR) is 65.3 cm³/mol. The van der Waals surface area contributed by atoms with Crippen LogP contribution in [0.2, 0.25) is 0 Å². The van der Waals surface area contributed by atoms with Crippen LogP contribution in [0, 0.1) is 6.92 Å². The lowest BCUT2D eigenvalue weighted by Crippen LogP contribution is -2.10. The first-order chi connectivity index (χ1) is 8.15. The van der Waals surface area contributed by atoms with Gasteiger partial charge in [0.2, 0.25) is 0 Å². The summed E-state index contributed by atoms with van der Waals surface area (Å²) in [5, 5.41) is 12.0. The van der Waals surface area contributed by atoms with Crippen molar-refractivity contribution < 1.29 is 14.3 Å². The van der Waals surface area contributed by atoms with E-state index < -0.39 is 5.97 Å². The van der Waals surface area contributed by atoms with Gasteiger partial charge in [-0.2, -0.15) is 0 Å². The molecule has 0 saturated heterocycles. The van der Waals surface area contributed by atoms with Crippen molar-refractivity contribution >= 4 is 17.3 Å². The smallest absolute Gasteiger partial charge is 0.345 e. The molecule has 4 nitrogen and oxygen atoms in total. The third-order valence-corrected chi connectivity index (χ3v) is 3.34. The van der Waals surface area contributed by atoms with Gasteiger partial charge in [-0.15, -0.1) is 11.3 Å². The molecule has 0 spiro atoms. The fourth-order valence-corrected chi connectivity index (χ4v) is 2.29. The molecule has 2 rings (SSSR count). The Morgan fingerprint density at radius 3 is 2.76 bits per heavy atom. The van der Waals surface area contributed by atoms with Crippen molar-refractivity contribution in [3.8, 4) is 0 Å². The van der Waals surface area contributed by atoms with Crippen molar-refractivity contribution in [2.75, 3.05) is 0 Å². The van der Waals surface area contributed by atoms with Gasteiger partial charge in [-0.3, -0.25) is 0 Å². The molecule has 0 aromatic carbocycles. The second-order valence-corrected chi connectivity index (χ2v) is 4.86. The summed E-state index contributed by atoms with van der Waals surface area (Å²) in [7, 11) is 0. The standard InChI is InChI=1S/C12H13NO3S/c1-8-2-3-9(16-8)6-13-7-10-4-5-11(17-10)12(14)15/h2-5,13H,6-7H2,1H3,(H,14,15). The lowest BCUT2D eigenvalue weighted by Gasteiger charge is -1.99. The highest BCUT2D eigenvalue weighted by molar-refractivity contribution is 7.13. The van der Waals surface area contributed by atoms with E-state index in [1.807, 2.05) is 25.1 Å². The Morgan fingerprint density at radius 1 is 1.35 bits per heavy atom. The lowest BCUT2D eigenvalue weighted by atomic mass is 10.4. The van der Waals surface area contributed by atoms with Crippen molar-refractivity contribution in [3.05, 3.63) is 45.5 Å². The molecule has 2 aromatic rings. The summed E-state index contributed by atoms with van der Waals surface area (Å²) < 4.78 is 5.41. The first-order valence-electron chi connectivity index (χ1n) is 5.23. The summed E-state index contributed by atoms with van der Waals surface area (Å²) in [6.45, 7) is 3.20. The first kappa shape index (κ1) is 11.9. The van der Waals surface area contributed by atoms with Gasteiger partial charge < -0.3 is 14.8 Å². The zero-order valence-electron chi connectivity index (χ0n) is 9.40. The van der Waals surface area contributed by atoms with Gasteiger partial charge in [0.1, 0.15) is 16.4 Å². The van der Waals surface area contributed by atoms with E-state index in [-0.39, 0.29) is 0 Å². The minimum atomic E-state index is -0.872. The molecule has 0 amide bonds. The van der Waals surface area contributed by atoms with Gasteiger partial charge in [0, 0.05) is 11.4 Å². The zero-order valence-corrected chi connectivity index (χ0v) is 10.2. The molecule has 2 aromatic heterocycles. The third kappa shape index (κ3) is 3.18. The normalized spacial score (nSPS) is 10.6. The molecule has 2 N–H and O–H groups in total. The molecule has 0 aliphatic carbocycles. The molecule has 90 valence electrons. The van der Waals surface area contributed by atoms with Crippen molar-refractivity contribution in [1.29, 1.82) is 0 Å².